The quantitative estimate of drug-likeness (QED) is 0.163. The third kappa shape index (κ3) is 6.63. The van der Waals surface area contributed by atoms with Gasteiger partial charge < -0.3 is 23.3 Å². The van der Waals surface area contributed by atoms with Gasteiger partial charge in [-0.15, -0.1) is 0 Å². The Balaban J connectivity index is 1.41. The van der Waals surface area contributed by atoms with Crippen LogP contribution in [-0.2, 0) is 27.6 Å². The molecule has 13 heteroatoms. The number of nitrogens with zero attached hydrogens (tertiary/aromatic N) is 3. The second kappa shape index (κ2) is 11.9. The van der Waals surface area contributed by atoms with Crippen LogP contribution in [0, 0.1) is 11.6 Å². The summed E-state index contributed by atoms with van der Waals surface area (Å²) in [4.78, 5) is 18.3. The second-order valence-corrected chi connectivity index (χ2v) is 12.3. The van der Waals surface area contributed by atoms with Crippen molar-refractivity contribution in [3.05, 3.63) is 111 Å². The van der Waals surface area contributed by atoms with E-state index in [9.17, 15) is 22.4 Å². The van der Waals surface area contributed by atoms with E-state index in [1.165, 1.54) is 36.5 Å². The number of fused-ring (bicyclic) bond motifs is 1. The molecular weight excluding hydrogens is 625 g/mol. The molecule has 1 unspecified atom stereocenters. The molecule has 47 heavy (non-hydrogen) atoms. The van der Waals surface area contributed by atoms with Crippen LogP contribution in [-0.4, -0.2) is 39.8 Å². The zero-order valence-corrected chi connectivity index (χ0v) is 25.8. The summed E-state index contributed by atoms with van der Waals surface area (Å²) in [7, 11) is 0. The first-order valence-electron chi connectivity index (χ1n) is 14.7. The number of hydrogen-bond donors (Lipinski definition) is 0. The van der Waals surface area contributed by atoms with Crippen LogP contribution in [0.25, 0.3) is 22.3 Å². The number of benzene rings is 3. The molecule has 0 aliphatic carbocycles. The minimum atomic E-state index is -4.51. The molecule has 0 N–H and O–H groups in total. The molecule has 1 fully saturated rings. The minimum absolute atomic E-state index is 0.00648. The first-order valence-corrected chi connectivity index (χ1v) is 14.7. The van der Waals surface area contributed by atoms with Crippen LogP contribution in [0.1, 0.15) is 50.3 Å². The summed E-state index contributed by atoms with van der Waals surface area (Å²) in [6.45, 7) is 7.31. The summed E-state index contributed by atoms with van der Waals surface area (Å²) in [6.07, 6.45) is -3.52. The number of alkyl halides is 3. The van der Waals surface area contributed by atoms with Crippen LogP contribution in [0.3, 0.4) is 0 Å². The van der Waals surface area contributed by atoms with E-state index in [1.54, 1.807) is 44.4 Å². The van der Waals surface area contributed by atoms with Crippen molar-refractivity contribution in [2.75, 3.05) is 13.2 Å². The normalized spacial score (nSPS) is 16.6. The Labute approximate surface area is 265 Å². The summed E-state index contributed by atoms with van der Waals surface area (Å²) in [5.41, 5.74) is -0.887. The van der Waals surface area contributed by atoms with E-state index >= 15 is 4.39 Å². The van der Waals surface area contributed by atoms with Crippen molar-refractivity contribution in [1.29, 1.82) is 0 Å². The molecule has 0 spiro atoms. The molecule has 1 aliphatic heterocycles. The van der Waals surface area contributed by atoms with Gasteiger partial charge in [0.15, 0.2) is 17.4 Å². The van der Waals surface area contributed by atoms with Crippen LogP contribution in [0.15, 0.2) is 76.2 Å². The van der Waals surface area contributed by atoms with Crippen LogP contribution in [0.2, 0.25) is 0 Å². The van der Waals surface area contributed by atoms with Gasteiger partial charge in [0.1, 0.15) is 18.5 Å². The van der Waals surface area contributed by atoms with Crippen LogP contribution >= 0.6 is 0 Å². The molecule has 0 amide bonds. The van der Waals surface area contributed by atoms with Gasteiger partial charge in [0.2, 0.25) is 17.1 Å². The van der Waals surface area contributed by atoms with Crippen LogP contribution in [0.4, 0.5) is 22.0 Å². The smallest absolute Gasteiger partial charge is 0.416 e. The molecule has 6 rings (SSSR count). The lowest BCUT2D eigenvalue weighted by Gasteiger charge is -2.20. The monoisotopic (exact) mass is 655 g/mol. The fraction of sp³-hybridized carbons (Fsp3) is 0.324. The number of pyridine rings is 1. The standard InChI is InChI=1S/C34H30F5N3O5/c1-32(2,20-9-11-22(35)12-10-20)31-40-30(41-47-31)25-16-42(15-19-5-7-21(8-6-19)34(37,38)39)27-14-28(26(36)13-24(27)29(25)43)44-17-23-18-45-33(3,4)46-23/h5-14,16,23H,15,17-18H2,1-4H3. The van der Waals surface area contributed by atoms with Gasteiger partial charge in [-0.25, -0.2) is 8.78 Å². The molecule has 8 nitrogen and oxygen atoms in total. The number of ether oxygens (including phenoxy) is 3. The lowest BCUT2D eigenvalue weighted by Crippen LogP contribution is -2.25. The highest BCUT2D eigenvalue weighted by Crippen LogP contribution is 2.33. The van der Waals surface area contributed by atoms with Crippen molar-refractivity contribution < 1.29 is 40.7 Å². The van der Waals surface area contributed by atoms with Gasteiger partial charge in [0.25, 0.3) is 0 Å². The van der Waals surface area contributed by atoms with E-state index in [4.69, 9.17) is 18.7 Å². The summed E-state index contributed by atoms with van der Waals surface area (Å²) in [5, 5.41) is 4.00. The lowest BCUT2D eigenvalue weighted by atomic mass is 9.84. The average molecular weight is 656 g/mol. The maximum atomic E-state index is 15.4. The molecule has 5 aromatic rings. The molecule has 1 atom stereocenters. The van der Waals surface area contributed by atoms with Crippen molar-refractivity contribution in [1.82, 2.24) is 14.7 Å². The molecule has 1 aliphatic rings. The number of halogens is 5. The zero-order chi connectivity index (χ0) is 33.7. The maximum Gasteiger partial charge on any atom is 0.416 e. The Bertz CT molecular complexity index is 1980. The van der Waals surface area contributed by atoms with Gasteiger partial charge in [0, 0.05) is 24.2 Å². The van der Waals surface area contributed by atoms with Gasteiger partial charge >= 0.3 is 6.18 Å². The number of hydrogen-bond acceptors (Lipinski definition) is 7. The zero-order valence-electron chi connectivity index (χ0n) is 25.8. The van der Waals surface area contributed by atoms with Gasteiger partial charge in [-0.1, -0.05) is 29.4 Å². The predicted molar refractivity (Wildman–Crippen MR) is 161 cm³/mol. The largest absolute Gasteiger partial charge is 0.488 e. The highest BCUT2D eigenvalue weighted by molar-refractivity contribution is 5.84. The van der Waals surface area contributed by atoms with Crippen molar-refractivity contribution in [3.8, 4) is 17.1 Å². The molecule has 0 saturated carbocycles. The Morgan fingerprint density at radius 1 is 1.00 bits per heavy atom. The Morgan fingerprint density at radius 2 is 1.68 bits per heavy atom. The van der Waals surface area contributed by atoms with E-state index in [1.807, 2.05) is 0 Å². The number of aromatic nitrogens is 3. The van der Waals surface area contributed by atoms with E-state index in [-0.39, 0.29) is 53.7 Å². The highest BCUT2D eigenvalue weighted by atomic mass is 19.4. The highest BCUT2D eigenvalue weighted by Gasteiger charge is 2.34. The second-order valence-electron chi connectivity index (χ2n) is 12.3. The molecule has 2 aromatic heterocycles. The van der Waals surface area contributed by atoms with Crippen molar-refractivity contribution in [2.45, 2.75) is 57.7 Å². The van der Waals surface area contributed by atoms with Crippen LogP contribution in [0.5, 0.6) is 5.75 Å². The molecule has 3 heterocycles. The van der Waals surface area contributed by atoms with Gasteiger partial charge in [0.05, 0.1) is 28.7 Å². The van der Waals surface area contributed by atoms with E-state index in [0.29, 0.717) is 11.1 Å². The van der Waals surface area contributed by atoms with Crippen molar-refractivity contribution in [2.24, 2.45) is 0 Å². The summed E-state index contributed by atoms with van der Waals surface area (Å²) >= 11 is 0. The molecule has 0 radical (unpaired) electrons. The molecule has 246 valence electrons. The summed E-state index contributed by atoms with van der Waals surface area (Å²) in [6, 6.07) is 12.8. The topological polar surface area (TPSA) is 88.6 Å². The number of rotatable bonds is 8. The van der Waals surface area contributed by atoms with Crippen molar-refractivity contribution in [3.63, 3.8) is 0 Å². The van der Waals surface area contributed by atoms with E-state index < -0.39 is 46.1 Å². The SMILES string of the molecule is CC1(C)OCC(COc2cc3c(cc2F)c(=O)c(-c2noc(C(C)(C)c4ccc(F)cc4)n2)cn3Cc2ccc(C(F)(F)F)cc2)O1. The maximum absolute atomic E-state index is 15.4. The summed E-state index contributed by atoms with van der Waals surface area (Å²) < 4.78 is 92.8. The summed E-state index contributed by atoms with van der Waals surface area (Å²) in [5.74, 6) is -2.11. The third-order valence-corrected chi connectivity index (χ3v) is 8.03. The predicted octanol–water partition coefficient (Wildman–Crippen LogP) is 7.25. The van der Waals surface area contributed by atoms with Gasteiger partial charge in [-0.3, -0.25) is 4.79 Å². The Hall–Kier alpha value is -4.62. The van der Waals surface area contributed by atoms with Gasteiger partial charge in [-0.05, 0) is 69.2 Å². The fourth-order valence-electron chi connectivity index (χ4n) is 5.39. The molecule has 0 bridgehead atoms. The van der Waals surface area contributed by atoms with Gasteiger partial charge in [-0.2, -0.15) is 18.2 Å². The molecular formula is C34H30F5N3O5. The van der Waals surface area contributed by atoms with E-state index in [0.717, 1.165) is 18.2 Å². The average Bonchev–Trinajstić information content (AvgIpc) is 3.65. The molecule has 3 aromatic carbocycles. The minimum Gasteiger partial charge on any atom is -0.488 e. The Morgan fingerprint density at radius 3 is 2.32 bits per heavy atom. The third-order valence-electron chi connectivity index (χ3n) is 8.03. The first kappa shape index (κ1) is 32.3. The first-order chi connectivity index (χ1) is 22.1. The molecule has 1 saturated heterocycles. The Kier molecular flexibility index (Phi) is 8.17. The lowest BCUT2D eigenvalue weighted by molar-refractivity contribution is -0.141. The van der Waals surface area contributed by atoms with Crippen LogP contribution < -0.4 is 10.2 Å². The van der Waals surface area contributed by atoms with E-state index in [2.05, 4.69) is 10.1 Å². The fourth-order valence-corrected chi connectivity index (χ4v) is 5.39. The van der Waals surface area contributed by atoms with Crippen molar-refractivity contribution >= 4 is 10.9 Å².